The van der Waals surface area contributed by atoms with Gasteiger partial charge in [0.05, 0.1) is 16.2 Å². The first kappa shape index (κ1) is 23.1. The summed E-state index contributed by atoms with van der Waals surface area (Å²) in [5, 5.41) is 2.69. The van der Waals surface area contributed by atoms with Crippen LogP contribution in [0.2, 0.25) is 0 Å². The summed E-state index contributed by atoms with van der Waals surface area (Å²) in [6.07, 6.45) is 0. The van der Waals surface area contributed by atoms with Crippen LogP contribution in [0.15, 0.2) is 64.9 Å². The molecule has 1 amide bonds. The number of carbonyl (C=O) groups excluding carboxylic acids is 2. The van der Waals surface area contributed by atoms with Crippen molar-refractivity contribution in [3.63, 3.8) is 0 Å². The van der Waals surface area contributed by atoms with Crippen LogP contribution in [0.25, 0.3) is 10.6 Å². The smallest absolute Gasteiger partial charge is 0.338 e. The Morgan fingerprint density at radius 2 is 1.67 bits per heavy atom. The Balaban J connectivity index is 1.35. The minimum atomic E-state index is -3.70. The first-order valence-electron chi connectivity index (χ1n) is 10.4. The molecule has 172 valence electrons. The third-order valence-corrected chi connectivity index (χ3v) is 8.19. The van der Waals surface area contributed by atoms with Crippen molar-refractivity contribution in [1.82, 2.24) is 14.2 Å². The molecule has 0 spiro atoms. The Hall–Kier alpha value is -3.08. The summed E-state index contributed by atoms with van der Waals surface area (Å²) >= 11 is 1.47. The summed E-state index contributed by atoms with van der Waals surface area (Å²) < 4.78 is 32.4. The molecule has 1 aliphatic rings. The minimum absolute atomic E-state index is 0.0304. The first-order valence-corrected chi connectivity index (χ1v) is 12.7. The monoisotopic (exact) mass is 485 g/mol. The molecule has 8 nitrogen and oxygen atoms in total. The van der Waals surface area contributed by atoms with Gasteiger partial charge in [0.25, 0.3) is 0 Å². The number of hydrogen-bond acceptors (Lipinski definition) is 7. The Morgan fingerprint density at radius 1 is 1.00 bits per heavy atom. The quantitative estimate of drug-likeness (QED) is 0.498. The number of ether oxygens (including phenoxy) is 1. The number of nitrogens with zero attached hydrogens (tertiary/aromatic N) is 3. The molecule has 2 heterocycles. The van der Waals surface area contributed by atoms with Crippen molar-refractivity contribution < 1.29 is 22.7 Å². The number of hydrogen-bond donors (Lipinski definition) is 0. The third-order valence-electron chi connectivity index (χ3n) is 5.34. The van der Waals surface area contributed by atoms with E-state index in [1.165, 1.54) is 46.8 Å². The molecule has 0 aliphatic carbocycles. The molecule has 0 saturated carbocycles. The molecule has 1 aromatic heterocycles. The van der Waals surface area contributed by atoms with Crippen molar-refractivity contribution >= 4 is 33.2 Å². The Labute approximate surface area is 196 Å². The molecule has 1 aliphatic heterocycles. The van der Waals surface area contributed by atoms with E-state index in [1.807, 2.05) is 35.7 Å². The molecule has 0 N–H and O–H groups in total. The first-order chi connectivity index (χ1) is 15.8. The van der Waals surface area contributed by atoms with Gasteiger partial charge in [-0.3, -0.25) is 4.79 Å². The highest BCUT2D eigenvalue weighted by Gasteiger charge is 2.29. The van der Waals surface area contributed by atoms with Crippen molar-refractivity contribution in [3.8, 4) is 10.6 Å². The van der Waals surface area contributed by atoms with Crippen molar-refractivity contribution in [3.05, 3.63) is 71.2 Å². The number of esters is 1. The summed E-state index contributed by atoms with van der Waals surface area (Å²) in [5.74, 6) is -0.618. The molecule has 0 atom stereocenters. The van der Waals surface area contributed by atoms with Gasteiger partial charge in [0.2, 0.25) is 15.9 Å². The maximum absolute atomic E-state index is 12.9. The molecular weight excluding hydrogens is 462 g/mol. The van der Waals surface area contributed by atoms with Crippen molar-refractivity contribution in [2.24, 2.45) is 0 Å². The largest absolute Gasteiger partial charge is 0.456 e. The molecule has 10 heteroatoms. The topological polar surface area (TPSA) is 96.9 Å². The standard InChI is InChI=1S/C23H23N3O5S2/c1-17(27)25-11-13-26(14-12-25)33(29,30)21-9-7-19(8-10-21)23(28)31-15-20-16-32-22(24-20)18-5-3-2-4-6-18/h2-10,16H,11-15H2,1H3. The SMILES string of the molecule is CC(=O)N1CCN(S(=O)(=O)c2ccc(C(=O)OCc3csc(-c4ccccc4)n3)cc2)CC1. The summed E-state index contributed by atoms with van der Waals surface area (Å²) in [4.78, 5) is 30.1. The fraction of sp³-hybridized carbons (Fsp3) is 0.261. The summed E-state index contributed by atoms with van der Waals surface area (Å²) in [6.45, 7) is 2.71. The van der Waals surface area contributed by atoms with Crippen LogP contribution >= 0.6 is 11.3 Å². The van der Waals surface area contributed by atoms with Gasteiger partial charge in [0, 0.05) is 44.0 Å². The van der Waals surface area contributed by atoms with Gasteiger partial charge in [0.15, 0.2) is 0 Å². The average molecular weight is 486 g/mol. The van der Waals surface area contributed by atoms with Gasteiger partial charge in [-0.15, -0.1) is 11.3 Å². The number of aromatic nitrogens is 1. The van der Waals surface area contributed by atoms with Crippen molar-refractivity contribution in [2.45, 2.75) is 18.4 Å². The summed E-state index contributed by atoms with van der Waals surface area (Å²) in [5.41, 5.74) is 1.91. The lowest BCUT2D eigenvalue weighted by Crippen LogP contribution is -2.49. The molecule has 3 aromatic rings. The number of benzene rings is 2. The molecule has 0 unspecified atom stereocenters. The van der Waals surface area contributed by atoms with Crippen molar-refractivity contribution in [2.75, 3.05) is 26.2 Å². The number of carbonyl (C=O) groups is 2. The average Bonchev–Trinajstić information content (AvgIpc) is 3.32. The zero-order chi connectivity index (χ0) is 23.4. The minimum Gasteiger partial charge on any atom is -0.456 e. The van der Waals surface area contributed by atoms with E-state index < -0.39 is 16.0 Å². The predicted molar refractivity (Wildman–Crippen MR) is 124 cm³/mol. The molecule has 1 fully saturated rings. The number of thiazole rings is 1. The van der Waals surface area contributed by atoms with E-state index in [0.717, 1.165) is 10.6 Å². The second-order valence-electron chi connectivity index (χ2n) is 7.52. The van der Waals surface area contributed by atoms with Crippen LogP contribution in [-0.4, -0.2) is 60.7 Å². The van der Waals surface area contributed by atoms with Crippen LogP contribution in [0.5, 0.6) is 0 Å². The van der Waals surface area contributed by atoms with Crippen LogP contribution in [0, 0.1) is 0 Å². The van der Waals surface area contributed by atoms with Crippen LogP contribution in [0.1, 0.15) is 23.0 Å². The van der Waals surface area contributed by atoms with Crippen LogP contribution in [-0.2, 0) is 26.2 Å². The van der Waals surface area contributed by atoms with Crippen LogP contribution in [0.4, 0.5) is 0 Å². The highest BCUT2D eigenvalue weighted by Crippen LogP contribution is 2.24. The fourth-order valence-electron chi connectivity index (χ4n) is 3.46. The van der Waals surface area contributed by atoms with Crippen molar-refractivity contribution in [1.29, 1.82) is 0 Å². The fourth-order valence-corrected chi connectivity index (χ4v) is 5.70. The highest BCUT2D eigenvalue weighted by atomic mass is 32.2. The lowest BCUT2D eigenvalue weighted by atomic mass is 10.2. The van der Waals surface area contributed by atoms with Gasteiger partial charge >= 0.3 is 5.97 Å². The van der Waals surface area contributed by atoms with Gasteiger partial charge in [-0.2, -0.15) is 4.31 Å². The molecule has 33 heavy (non-hydrogen) atoms. The van der Waals surface area contributed by atoms with E-state index in [0.29, 0.717) is 18.8 Å². The van der Waals surface area contributed by atoms with E-state index in [2.05, 4.69) is 4.98 Å². The van der Waals surface area contributed by atoms with Gasteiger partial charge in [0.1, 0.15) is 11.6 Å². The van der Waals surface area contributed by atoms with Gasteiger partial charge in [-0.1, -0.05) is 30.3 Å². The number of piperazine rings is 1. The lowest BCUT2D eigenvalue weighted by Gasteiger charge is -2.33. The third kappa shape index (κ3) is 5.29. The molecule has 1 saturated heterocycles. The summed E-state index contributed by atoms with van der Waals surface area (Å²) in [6, 6.07) is 15.4. The van der Waals surface area contributed by atoms with Crippen LogP contribution < -0.4 is 0 Å². The van der Waals surface area contributed by atoms with E-state index in [-0.39, 0.29) is 36.1 Å². The Bertz CT molecular complexity index is 1230. The zero-order valence-corrected chi connectivity index (χ0v) is 19.6. The second-order valence-corrected chi connectivity index (χ2v) is 10.3. The number of amides is 1. The second kappa shape index (κ2) is 9.82. The maximum Gasteiger partial charge on any atom is 0.338 e. The highest BCUT2D eigenvalue weighted by molar-refractivity contribution is 7.89. The Kier molecular flexibility index (Phi) is 6.87. The van der Waals surface area contributed by atoms with Crippen LogP contribution in [0.3, 0.4) is 0 Å². The van der Waals surface area contributed by atoms with E-state index in [9.17, 15) is 18.0 Å². The zero-order valence-electron chi connectivity index (χ0n) is 18.0. The molecule has 4 rings (SSSR count). The normalized spacial score (nSPS) is 14.8. The van der Waals surface area contributed by atoms with Gasteiger partial charge in [-0.25, -0.2) is 18.2 Å². The maximum atomic E-state index is 12.9. The molecule has 0 radical (unpaired) electrons. The number of sulfonamides is 1. The molecular formula is C23H23N3O5S2. The molecule has 0 bridgehead atoms. The summed E-state index contributed by atoms with van der Waals surface area (Å²) in [7, 11) is -3.70. The van der Waals surface area contributed by atoms with E-state index in [1.54, 1.807) is 4.90 Å². The molecule has 2 aromatic carbocycles. The van der Waals surface area contributed by atoms with E-state index >= 15 is 0 Å². The lowest BCUT2D eigenvalue weighted by molar-refractivity contribution is -0.129. The van der Waals surface area contributed by atoms with Gasteiger partial charge < -0.3 is 9.64 Å². The number of rotatable bonds is 6. The van der Waals surface area contributed by atoms with E-state index in [4.69, 9.17) is 4.74 Å². The van der Waals surface area contributed by atoms with Gasteiger partial charge in [-0.05, 0) is 24.3 Å². The predicted octanol–water partition coefficient (Wildman–Crippen LogP) is 3.02. The Morgan fingerprint density at radius 3 is 2.30 bits per heavy atom.